The van der Waals surface area contributed by atoms with E-state index in [-0.39, 0.29) is 23.2 Å². The quantitative estimate of drug-likeness (QED) is 0.165. The summed E-state index contributed by atoms with van der Waals surface area (Å²) in [5, 5.41) is 21.2. The number of alkyl halides is 5. The van der Waals surface area contributed by atoms with Crippen molar-refractivity contribution in [2.24, 2.45) is 17.3 Å². The topological polar surface area (TPSA) is 83.8 Å². The monoisotopic (exact) mass is 672 g/mol. The lowest BCUT2D eigenvalue weighted by atomic mass is 9.51. The van der Waals surface area contributed by atoms with Crippen molar-refractivity contribution in [2.75, 3.05) is 18.1 Å². The minimum Gasteiger partial charge on any atom is -0.508 e. The number of aryl methyl sites for hydroxylation is 1. The number of benzene rings is 2. The van der Waals surface area contributed by atoms with Gasteiger partial charge in [-0.1, -0.05) is 38.0 Å². The highest BCUT2D eigenvalue weighted by atomic mass is 32.2. The molecule has 3 aliphatic carbocycles. The van der Waals surface area contributed by atoms with E-state index in [2.05, 4.69) is 25.1 Å². The van der Waals surface area contributed by atoms with Crippen LogP contribution in [0, 0.1) is 17.3 Å². The summed E-state index contributed by atoms with van der Waals surface area (Å²) in [6, 6.07) is 14.0. The maximum Gasteiger partial charge on any atom is 0.453 e. The van der Waals surface area contributed by atoms with Crippen LogP contribution in [0.2, 0.25) is 0 Å². The molecule has 46 heavy (non-hydrogen) atoms. The van der Waals surface area contributed by atoms with Crippen LogP contribution in [0.4, 0.5) is 22.0 Å². The van der Waals surface area contributed by atoms with Crippen LogP contribution in [0.15, 0.2) is 42.5 Å². The number of hydrogen-bond acceptors (Lipinski definition) is 5. The third-order valence-corrected chi connectivity index (χ3v) is 12.8. The van der Waals surface area contributed by atoms with E-state index in [4.69, 9.17) is 4.74 Å². The first-order chi connectivity index (χ1) is 21.6. The van der Waals surface area contributed by atoms with Gasteiger partial charge in [-0.25, -0.2) is 8.42 Å². The maximum atomic E-state index is 13.0. The van der Waals surface area contributed by atoms with Gasteiger partial charge in [0.2, 0.25) is 0 Å². The molecule has 0 radical (unpaired) electrons. The molecule has 2 aromatic carbocycles. The van der Waals surface area contributed by atoms with Gasteiger partial charge in [0.25, 0.3) is 0 Å². The minimum atomic E-state index is -5.67. The average molecular weight is 673 g/mol. The van der Waals surface area contributed by atoms with E-state index in [1.165, 1.54) is 16.7 Å². The molecule has 0 saturated heterocycles. The first kappa shape index (κ1) is 34.9. The van der Waals surface area contributed by atoms with Crippen LogP contribution in [0.1, 0.15) is 99.7 Å². The van der Waals surface area contributed by atoms with Crippen molar-refractivity contribution in [2.45, 2.75) is 108 Å². The lowest BCUT2D eigenvalue weighted by molar-refractivity contribution is -0.284. The van der Waals surface area contributed by atoms with E-state index in [0.717, 1.165) is 37.9 Å². The van der Waals surface area contributed by atoms with Gasteiger partial charge in [0.1, 0.15) is 21.3 Å². The maximum absolute atomic E-state index is 13.0. The van der Waals surface area contributed by atoms with Gasteiger partial charge in [-0.2, -0.15) is 22.0 Å². The number of fused-ring (bicyclic) bond motifs is 5. The first-order valence-corrected chi connectivity index (χ1v) is 18.3. The second-order valence-corrected chi connectivity index (χ2v) is 16.2. The van der Waals surface area contributed by atoms with Crippen molar-refractivity contribution >= 4 is 9.84 Å². The van der Waals surface area contributed by atoms with Crippen LogP contribution in [0.25, 0.3) is 0 Å². The van der Waals surface area contributed by atoms with Crippen LogP contribution in [0.3, 0.4) is 0 Å². The number of sulfone groups is 1. The lowest BCUT2D eigenvalue weighted by Gasteiger charge is -2.54. The number of aromatic hydroxyl groups is 1. The number of rotatable bonds is 13. The number of unbranched alkanes of at least 4 members (excludes halogenated alkanes) is 3. The molecule has 11 heteroatoms. The minimum absolute atomic E-state index is 0.128. The number of aliphatic hydroxyl groups excluding tert-OH is 1. The highest BCUT2D eigenvalue weighted by Crippen LogP contribution is 2.65. The van der Waals surface area contributed by atoms with E-state index in [0.29, 0.717) is 55.8 Å². The Bertz CT molecular complexity index is 1440. The summed E-state index contributed by atoms with van der Waals surface area (Å²) in [6.45, 7) is 2.70. The molecule has 0 heterocycles. The zero-order valence-electron chi connectivity index (χ0n) is 26.2. The zero-order chi connectivity index (χ0) is 33.3. The smallest absolute Gasteiger partial charge is 0.453 e. The summed E-state index contributed by atoms with van der Waals surface area (Å²) in [4.78, 5) is 0. The SMILES string of the molecule is C[C@]12C[C@H](c3ccc(OCCCCCCS(=O)(=O)CCCC(F)(F)C(F)(F)F)cc3)[C@@H]3c4ccc(O)cc4CC[C@H]3[C@@H]1CC[C@@H]2O. The normalized spacial score (nSPS) is 27.9. The predicted octanol–water partition coefficient (Wildman–Crippen LogP) is 8.33. The third kappa shape index (κ3) is 7.50. The lowest BCUT2D eigenvalue weighted by Crippen LogP contribution is -2.47. The molecule has 5 nitrogen and oxygen atoms in total. The fraction of sp³-hybridized carbons (Fsp3) is 0.657. The standard InChI is InChI=1S/C35H45F5O5S/c1-33-22-29(32-27-14-10-25(41)21-24(27)9-13-28(32)30(33)15-16-31(33)42)23-7-11-26(12-8-23)45-18-4-2-3-5-19-46(43,44)20-6-17-34(36,37)35(38,39)40/h7-8,10-12,14,21,28-32,41-42H,2-6,9,13,15-20,22H2,1H3/t28-,29+,30-,31-,32+,33-/m0/s1. The molecular formula is C35H45F5O5S. The Kier molecular flexibility index (Phi) is 10.3. The molecule has 5 rings (SSSR count). The van der Waals surface area contributed by atoms with E-state index in [1.54, 1.807) is 6.07 Å². The summed E-state index contributed by atoms with van der Waals surface area (Å²) in [6.07, 6.45) is -1.18. The number of hydrogen-bond donors (Lipinski definition) is 2. The highest BCUT2D eigenvalue weighted by molar-refractivity contribution is 7.91. The molecule has 2 N–H and O–H groups in total. The molecule has 2 fully saturated rings. The Morgan fingerprint density at radius 3 is 2.33 bits per heavy atom. The van der Waals surface area contributed by atoms with Crippen molar-refractivity contribution in [3.05, 3.63) is 59.2 Å². The Morgan fingerprint density at radius 1 is 0.913 bits per heavy atom. The number of aliphatic hydroxyl groups is 1. The van der Waals surface area contributed by atoms with Gasteiger partial charge in [0, 0.05) is 6.42 Å². The van der Waals surface area contributed by atoms with Crippen LogP contribution < -0.4 is 4.74 Å². The Labute approximate surface area is 268 Å². The van der Waals surface area contributed by atoms with E-state index in [9.17, 15) is 40.6 Å². The van der Waals surface area contributed by atoms with Crippen LogP contribution in [-0.4, -0.2) is 54.9 Å². The molecule has 0 amide bonds. The number of phenols is 1. The van der Waals surface area contributed by atoms with E-state index < -0.39 is 40.5 Å². The summed E-state index contributed by atoms with van der Waals surface area (Å²) in [7, 11) is -3.69. The average Bonchev–Trinajstić information content (AvgIpc) is 3.29. The number of ether oxygens (including phenoxy) is 1. The van der Waals surface area contributed by atoms with Gasteiger partial charge in [-0.3, -0.25) is 0 Å². The Balaban J connectivity index is 1.10. The molecule has 0 aromatic heterocycles. The van der Waals surface area contributed by atoms with Gasteiger partial charge >= 0.3 is 12.1 Å². The molecular weight excluding hydrogens is 627 g/mol. The van der Waals surface area contributed by atoms with Crippen LogP contribution >= 0.6 is 0 Å². The Hall–Kier alpha value is -2.40. The van der Waals surface area contributed by atoms with Crippen molar-refractivity contribution < 1.29 is 45.3 Å². The van der Waals surface area contributed by atoms with E-state index in [1.807, 2.05) is 18.2 Å². The van der Waals surface area contributed by atoms with Crippen molar-refractivity contribution in [1.82, 2.24) is 0 Å². The van der Waals surface area contributed by atoms with Gasteiger partial charge < -0.3 is 14.9 Å². The predicted molar refractivity (Wildman–Crippen MR) is 166 cm³/mol. The fourth-order valence-electron chi connectivity index (χ4n) is 8.53. The fourth-order valence-corrected chi connectivity index (χ4v) is 9.96. The van der Waals surface area contributed by atoms with Crippen molar-refractivity contribution in [1.29, 1.82) is 0 Å². The molecule has 0 aliphatic heterocycles. The van der Waals surface area contributed by atoms with E-state index >= 15 is 0 Å². The third-order valence-electron chi connectivity index (χ3n) is 11.0. The largest absolute Gasteiger partial charge is 0.508 e. The molecule has 0 spiro atoms. The molecule has 256 valence electrons. The highest BCUT2D eigenvalue weighted by Gasteiger charge is 2.58. The summed E-state index contributed by atoms with van der Waals surface area (Å²) >= 11 is 0. The van der Waals surface area contributed by atoms with Crippen molar-refractivity contribution in [3.63, 3.8) is 0 Å². The van der Waals surface area contributed by atoms with Gasteiger partial charge in [0.05, 0.1) is 24.2 Å². The number of phenolic OH excluding ortho intramolecular Hbond substituents is 1. The van der Waals surface area contributed by atoms with Crippen molar-refractivity contribution in [3.8, 4) is 11.5 Å². The first-order valence-electron chi connectivity index (χ1n) is 16.5. The summed E-state index contributed by atoms with van der Waals surface area (Å²) in [5.41, 5.74) is 3.62. The second-order valence-electron chi connectivity index (χ2n) is 13.9. The van der Waals surface area contributed by atoms with Gasteiger partial charge in [0.15, 0.2) is 0 Å². The van der Waals surface area contributed by atoms with Crippen LogP contribution in [0.5, 0.6) is 11.5 Å². The molecule has 6 atom stereocenters. The zero-order valence-corrected chi connectivity index (χ0v) is 27.1. The summed E-state index contributed by atoms with van der Waals surface area (Å²) in [5.74, 6) is -3.27. The number of halogens is 5. The second kappa shape index (κ2) is 13.6. The van der Waals surface area contributed by atoms with Gasteiger partial charge in [-0.05, 0) is 121 Å². The molecule has 0 bridgehead atoms. The molecule has 2 saturated carbocycles. The molecule has 3 aliphatic rings. The molecule has 0 unspecified atom stereocenters. The summed E-state index contributed by atoms with van der Waals surface area (Å²) < 4.78 is 92.8. The molecule has 2 aromatic rings. The van der Waals surface area contributed by atoms with Crippen LogP contribution in [-0.2, 0) is 16.3 Å². The Morgan fingerprint density at radius 2 is 1.61 bits per heavy atom. The van der Waals surface area contributed by atoms with Gasteiger partial charge in [-0.15, -0.1) is 0 Å².